The van der Waals surface area contributed by atoms with Crippen molar-refractivity contribution in [2.75, 3.05) is 10.6 Å². The summed E-state index contributed by atoms with van der Waals surface area (Å²) >= 11 is 5.82. The summed E-state index contributed by atoms with van der Waals surface area (Å²) < 4.78 is 0. The number of hydrogen-bond acceptors (Lipinski definition) is 4. The Bertz CT molecular complexity index is 898. The number of anilines is 2. The zero-order valence-corrected chi connectivity index (χ0v) is 14.4. The largest absolute Gasteiger partial charge is 0.365 e. The minimum Gasteiger partial charge on any atom is -0.365 e. The highest BCUT2D eigenvalue weighted by Crippen LogP contribution is 2.15. The number of nitrogens with one attached hydrogen (secondary N) is 2. The van der Waals surface area contributed by atoms with Gasteiger partial charge in [-0.05, 0) is 36.8 Å². The Kier molecular flexibility index (Phi) is 5.26. The van der Waals surface area contributed by atoms with Gasteiger partial charge in [-0.2, -0.15) is 0 Å². The van der Waals surface area contributed by atoms with Crippen LogP contribution in [0.4, 0.5) is 11.5 Å². The normalized spacial score (nSPS) is 10.3. The quantitative estimate of drug-likeness (QED) is 0.718. The molecule has 0 unspecified atom stereocenters. The van der Waals surface area contributed by atoms with Gasteiger partial charge in [-0.25, -0.2) is 4.98 Å². The lowest BCUT2D eigenvalue weighted by molar-refractivity contribution is 0.102. The molecule has 0 spiro atoms. The lowest BCUT2D eigenvalue weighted by Crippen LogP contribution is -2.12. The summed E-state index contributed by atoms with van der Waals surface area (Å²) in [5.74, 6) is 0.469. The molecule has 0 saturated carbocycles. The zero-order chi connectivity index (χ0) is 17.6. The first-order chi connectivity index (χ1) is 12.1. The highest BCUT2D eigenvalue weighted by molar-refractivity contribution is 6.29. The van der Waals surface area contributed by atoms with Crippen molar-refractivity contribution in [3.05, 3.63) is 82.8 Å². The van der Waals surface area contributed by atoms with E-state index in [9.17, 15) is 4.79 Å². The van der Waals surface area contributed by atoms with E-state index in [-0.39, 0.29) is 5.91 Å². The Morgan fingerprint density at radius 3 is 2.76 bits per heavy atom. The van der Waals surface area contributed by atoms with Gasteiger partial charge in [-0.15, -0.1) is 0 Å². The lowest BCUT2D eigenvalue weighted by Gasteiger charge is -2.09. The van der Waals surface area contributed by atoms with Crippen molar-refractivity contribution in [3.63, 3.8) is 0 Å². The molecule has 0 radical (unpaired) electrons. The third-order valence-corrected chi connectivity index (χ3v) is 3.73. The molecule has 0 saturated heterocycles. The Morgan fingerprint density at radius 1 is 1.12 bits per heavy atom. The van der Waals surface area contributed by atoms with Gasteiger partial charge >= 0.3 is 0 Å². The number of halogens is 1. The molecule has 1 aromatic heterocycles. The molecule has 1 heterocycles. The van der Waals surface area contributed by atoms with Crippen LogP contribution in [0.5, 0.6) is 0 Å². The number of nitrogens with zero attached hydrogens (tertiary/aromatic N) is 2. The van der Waals surface area contributed by atoms with Crippen LogP contribution in [-0.2, 0) is 6.54 Å². The van der Waals surface area contributed by atoms with Gasteiger partial charge in [-0.1, -0.05) is 41.4 Å². The Morgan fingerprint density at radius 2 is 1.96 bits per heavy atom. The van der Waals surface area contributed by atoms with E-state index in [1.807, 2.05) is 49.4 Å². The van der Waals surface area contributed by atoms with Crippen LogP contribution in [0.1, 0.15) is 21.5 Å². The van der Waals surface area contributed by atoms with Crippen molar-refractivity contribution in [3.8, 4) is 0 Å². The van der Waals surface area contributed by atoms with E-state index in [2.05, 4.69) is 20.6 Å². The van der Waals surface area contributed by atoms with Crippen LogP contribution >= 0.6 is 11.6 Å². The summed E-state index contributed by atoms with van der Waals surface area (Å²) in [6.07, 6.45) is 3.09. The number of aromatic nitrogens is 2. The molecule has 0 aliphatic rings. The Labute approximate surface area is 151 Å². The maximum absolute atomic E-state index is 12.3. The van der Waals surface area contributed by atoms with E-state index >= 15 is 0 Å². The fourth-order valence-corrected chi connectivity index (χ4v) is 2.52. The van der Waals surface area contributed by atoms with Gasteiger partial charge in [0.15, 0.2) is 0 Å². The van der Waals surface area contributed by atoms with Gasteiger partial charge in [-0.3, -0.25) is 9.78 Å². The van der Waals surface area contributed by atoms with Crippen molar-refractivity contribution in [1.82, 2.24) is 9.97 Å². The Hall–Kier alpha value is -2.92. The first kappa shape index (κ1) is 16.9. The van der Waals surface area contributed by atoms with E-state index in [4.69, 9.17) is 11.6 Å². The number of aryl methyl sites for hydroxylation is 1. The zero-order valence-electron chi connectivity index (χ0n) is 13.7. The summed E-state index contributed by atoms with van der Waals surface area (Å²) in [6.45, 7) is 2.50. The monoisotopic (exact) mass is 352 g/mol. The Balaban J connectivity index is 1.66. The molecule has 2 aromatic carbocycles. The summed E-state index contributed by atoms with van der Waals surface area (Å²) in [4.78, 5) is 20.4. The molecule has 0 aliphatic heterocycles. The fourth-order valence-electron chi connectivity index (χ4n) is 2.37. The minimum atomic E-state index is -0.130. The maximum Gasteiger partial charge on any atom is 0.255 e. The van der Waals surface area contributed by atoms with Gasteiger partial charge in [0.25, 0.3) is 5.91 Å². The fraction of sp³-hybridized carbons (Fsp3) is 0.105. The molecule has 1 amide bonds. The second-order valence-corrected chi connectivity index (χ2v) is 5.99. The van der Waals surface area contributed by atoms with Gasteiger partial charge in [0.2, 0.25) is 0 Å². The highest BCUT2D eigenvalue weighted by Gasteiger charge is 2.06. The molecule has 0 bridgehead atoms. The smallest absolute Gasteiger partial charge is 0.255 e. The molecular formula is C19H17ClN4O. The van der Waals surface area contributed by atoms with Gasteiger partial charge in [0.05, 0.1) is 12.4 Å². The van der Waals surface area contributed by atoms with Crippen LogP contribution in [0.3, 0.4) is 0 Å². The number of hydrogen-bond donors (Lipinski definition) is 2. The van der Waals surface area contributed by atoms with Gasteiger partial charge < -0.3 is 10.6 Å². The van der Waals surface area contributed by atoms with Crippen LogP contribution in [-0.4, -0.2) is 15.9 Å². The SMILES string of the molecule is Cc1cccc(C(=O)Nc2cccc(CNc3cncc(Cl)n3)c2)c1. The number of amides is 1. The molecule has 0 fully saturated rings. The van der Waals surface area contributed by atoms with Crippen LogP contribution in [0.15, 0.2) is 60.9 Å². The number of carbonyl (C=O) groups excluding carboxylic acids is 1. The topological polar surface area (TPSA) is 66.9 Å². The predicted octanol–water partition coefficient (Wildman–Crippen LogP) is 4.30. The van der Waals surface area contributed by atoms with Crippen molar-refractivity contribution < 1.29 is 4.79 Å². The summed E-state index contributed by atoms with van der Waals surface area (Å²) in [5, 5.41) is 6.41. The van der Waals surface area contributed by atoms with E-state index in [0.29, 0.717) is 23.1 Å². The molecule has 6 heteroatoms. The molecule has 5 nitrogen and oxygen atoms in total. The van der Waals surface area contributed by atoms with Crippen LogP contribution in [0, 0.1) is 6.92 Å². The number of benzene rings is 2. The predicted molar refractivity (Wildman–Crippen MR) is 99.9 cm³/mol. The van der Waals surface area contributed by atoms with Crippen molar-refractivity contribution >= 4 is 29.0 Å². The first-order valence-corrected chi connectivity index (χ1v) is 8.16. The van der Waals surface area contributed by atoms with E-state index in [1.165, 1.54) is 6.20 Å². The van der Waals surface area contributed by atoms with Crippen molar-refractivity contribution in [1.29, 1.82) is 0 Å². The second-order valence-electron chi connectivity index (χ2n) is 5.60. The minimum absolute atomic E-state index is 0.130. The molecule has 3 rings (SSSR count). The first-order valence-electron chi connectivity index (χ1n) is 7.78. The van der Waals surface area contributed by atoms with Gasteiger partial charge in [0.1, 0.15) is 11.0 Å². The van der Waals surface area contributed by atoms with Crippen LogP contribution in [0.25, 0.3) is 0 Å². The van der Waals surface area contributed by atoms with E-state index < -0.39 is 0 Å². The van der Waals surface area contributed by atoms with E-state index in [0.717, 1.165) is 16.8 Å². The van der Waals surface area contributed by atoms with E-state index in [1.54, 1.807) is 12.3 Å². The second kappa shape index (κ2) is 7.77. The molecule has 0 atom stereocenters. The summed E-state index contributed by atoms with van der Waals surface area (Å²) in [6, 6.07) is 15.1. The molecule has 0 aliphatic carbocycles. The summed E-state index contributed by atoms with van der Waals surface area (Å²) in [5.41, 5.74) is 3.43. The van der Waals surface area contributed by atoms with Gasteiger partial charge in [0, 0.05) is 17.8 Å². The maximum atomic E-state index is 12.3. The standard InChI is InChI=1S/C19H17ClN4O/c1-13-4-2-6-15(8-13)19(25)23-16-7-3-5-14(9-16)10-22-18-12-21-11-17(20)24-18/h2-9,11-12H,10H2,1H3,(H,22,24)(H,23,25). The average molecular weight is 353 g/mol. The van der Waals surface area contributed by atoms with Crippen LogP contribution < -0.4 is 10.6 Å². The van der Waals surface area contributed by atoms with Crippen molar-refractivity contribution in [2.45, 2.75) is 13.5 Å². The molecule has 25 heavy (non-hydrogen) atoms. The summed E-state index contributed by atoms with van der Waals surface area (Å²) in [7, 11) is 0. The van der Waals surface area contributed by atoms with Crippen molar-refractivity contribution in [2.24, 2.45) is 0 Å². The average Bonchev–Trinajstić information content (AvgIpc) is 2.60. The molecular weight excluding hydrogens is 336 g/mol. The number of carbonyl (C=O) groups is 1. The molecule has 126 valence electrons. The third kappa shape index (κ3) is 4.78. The highest BCUT2D eigenvalue weighted by atomic mass is 35.5. The number of rotatable bonds is 5. The third-order valence-electron chi connectivity index (χ3n) is 3.54. The van der Waals surface area contributed by atoms with Crippen LogP contribution in [0.2, 0.25) is 5.15 Å². The molecule has 2 N–H and O–H groups in total. The lowest BCUT2D eigenvalue weighted by atomic mass is 10.1. The molecule has 3 aromatic rings.